The Bertz CT molecular complexity index is 736. The second-order valence-corrected chi connectivity index (χ2v) is 4.32. The van der Waals surface area contributed by atoms with Crippen LogP contribution in [0, 0.1) is 0 Å². The molecule has 8 heteroatoms. The normalized spacial score (nSPS) is 15.5. The maximum absolute atomic E-state index is 11.8. The number of imidazole rings is 1. The lowest BCUT2D eigenvalue weighted by Gasteiger charge is -2.25. The minimum absolute atomic E-state index is 0.0882. The molecule has 3 rings (SSSR count). The molecule has 0 saturated carbocycles. The molecule has 2 aromatic heterocycles. The number of carbonyl (C=O) groups is 3. The molecule has 2 aromatic rings. The van der Waals surface area contributed by atoms with Gasteiger partial charge in [-0.2, -0.15) is 0 Å². The number of fused-ring (bicyclic) bond motifs is 1. The first kappa shape index (κ1) is 12.2. The molecule has 20 heavy (non-hydrogen) atoms. The average molecular weight is 274 g/mol. The molecule has 8 nitrogen and oxygen atoms in total. The van der Waals surface area contributed by atoms with Crippen molar-refractivity contribution in [1.29, 1.82) is 0 Å². The molecule has 0 spiro atoms. The Labute approximate surface area is 112 Å². The predicted molar refractivity (Wildman–Crippen MR) is 67.7 cm³/mol. The van der Waals surface area contributed by atoms with Crippen LogP contribution in [0.3, 0.4) is 0 Å². The lowest BCUT2D eigenvalue weighted by atomic mass is 10.3. The highest BCUT2D eigenvalue weighted by atomic mass is 16.4. The Balaban J connectivity index is 2.07. The summed E-state index contributed by atoms with van der Waals surface area (Å²) in [6, 6.07) is 2.46. The summed E-state index contributed by atoms with van der Waals surface area (Å²) < 4.78 is 1.51. The van der Waals surface area contributed by atoms with E-state index < -0.39 is 12.0 Å². The zero-order valence-electron chi connectivity index (χ0n) is 10.2. The molecule has 2 N–H and O–H groups in total. The van der Waals surface area contributed by atoms with Crippen LogP contribution in [0.2, 0.25) is 0 Å². The molecule has 1 saturated heterocycles. The first-order chi connectivity index (χ1) is 9.56. The number of rotatable bonds is 2. The number of pyridine rings is 1. The van der Waals surface area contributed by atoms with Gasteiger partial charge in [-0.15, -0.1) is 0 Å². The number of urea groups is 1. The number of hydrogen-bond acceptors (Lipinski definition) is 4. The van der Waals surface area contributed by atoms with E-state index in [1.165, 1.54) is 27.8 Å². The molecular weight excluding hydrogens is 264 g/mol. The molecule has 3 amide bonds. The van der Waals surface area contributed by atoms with Crippen molar-refractivity contribution < 1.29 is 19.5 Å². The van der Waals surface area contributed by atoms with Gasteiger partial charge >= 0.3 is 12.0 Å². The van der Waals surface area contributed by atoms with Gasteiger partial charge in [-0.25, -0.2) is 14.6 Å². The smallest absolute Gasteiger partial charge is 0.337 e. The van der Waals surface area contributed by atoms with E-state index in [4.69, 9.17) is 5.11 Å². The van der Waals surface area contributed by atoms with Gasteiger partial charge in [0, 0.05) is 19.2 Å². The van der Waals surface area contributed by atoms with Crippen molar-refractivity contribution in [3.63, 3.8) is 0 Å². The van der Waals surface area contributed by atoms with Gasteiger partial charge in [0.15, 0.2) is 0 Å². The molecular formula is C12H10N4O4. The molecule has 0 atom stereocenters. The van der Waals surface area contributed by atoms with Crippen molar-refractivity contribution in [1.82, 2.24) is 14.7 Å². The van der Waals surface area contributed by atoms with E-state index >= 15 is 0 Å². The molecule has 1 fully saturated rings. The lowest BCUT2D eigenvalue weighted by molar-refractivity contribution is -0.120. The predicted octanol–water partition coefficient (Wildman–Crippen LogP) is 0.479. The fourth-order valence-corrected chi connectivity index (χ4v) is 2.08. The second-order valence-electron chi connectivity index (χ2n) is 4.32. The maximum atomic E-state index is 11.8. The molecule has 3 heterocycles. The van der Waals surface area contributed by atoms with Gasteiger partial charge in [0.25, 0.3) is 0 Å². The summed E-state index contributed by atoms with van der Waals surface area (Å²) in [6.45, 7) is 0.232. The third kappa shape index (κ3) is 1.87. The van der Waals surface area contributed by atoms with Gasteiger partial charge in [0.05, 0.1) is 11.8 Å². The molecule has 0 aromatic carbocycles. The number of aromatic nitrogens is 2. The van der Waals surface area contributed by atoms with Gasteiger partial charge < -0.3 is 5.11 Å². The van der Waals surface area contributed by atoms with Crippen LogP contribution in [0.25, 0.3) is 5.65 Å². The number of amides is 3. The largest absolute Gasteiger partial charge is 0.478 e. The van der Waals surface area contributed by atoms with E-state index in [0.29, 0.717) is 11.5 Å². The van der Waals surface area contributed by atoms with Gasteiger partial charge in [-0.05, 0) is 12.1 Å². The Morgan fingerprint density at radius 1 is 1.35 bits per heavy atom. The Kier molecular flexibility index (Phi) is 2.63. The third-order valence-electron chi connectivity index (χ3n) is 3.06. The molecule has 102 valence electrons. The van der Waals surface area contributed by atoms with E-state index in [1.807, 2.05) is 0 Å². The fourth-order valence-electron chi connectivity index (χ4n) is 2.08. The summed E-state index contributed by atoms with van der Waals surface area (Å²) in [5.74, 6) is -0.968. The van der Waals surface area contributed by atoms with Gasteiger partial charge in [0.1, 0.15) is 11.5 Å². The van der Waals surface area contributed by atoms with Crippen molar-refractivity contribution >= 4 is 29.4 Å². The minimum Gasteiger partial charge on any atom is -0.478 e. The number of nitrogens with one attached hydrogen (secondary N) is 1. The standard InChI is InChI=1S/C12H10N4O4/c17-9-3-4-15(12(20)14-9)10-5-13-8-2-1-7(11(18)19)6-16(8)10/h1-2,5-6H,3-4H2,(H,18,19)(H,14,17,20). The quantitative estimate of drug-likeness (QED) is 0.828. The highest BCUT2D eigenvalue weighted by Crippen LogP contribution is 2.19. The van der Waals surface area contributed by atoms with Crippen molar-refractivity contribution in [3.8, 4) is 0 Å². The monoisotopic (exact) mass is 274 g/mol. The fraction of sp³-hybridized carbons (Fsp3) is 0.167. The number of carboxylic acid groups (broad SMARTS) is 1. The van der Waals surface area contributed by atoms with Gasteiger partial charge in [-0.3, -0.25) is 19.4 Å². The van der Waals surface area contributed by atoms with Gasteiger partial charge in [-0.1, -0.05) is 0 Å². The van der Waals surface area contributed by atoms with E-state index in [-0.39, 0.29) is 24.4 Å². The number of hydrogen-bond donors (Lipinski definition) is 2. The summed E-state index contributed by atoms with van der Waals surface area (Å²) in [6.07, 6.45) is 3.05. The lowest BCUT2D eigenvalue weighted by Crippen LogP contribution is -2.50. The summed E-state index contributed by atoms with van der Waals surface area (Å²) >= 11 is 0. The zero-order valence-corrected chi connectivity index (χ0v) is 10.2. The van der Waals surface area contributed by atoms with Crippen LogP contribution in [0.5, 0.6) is 0 Å². The van der Waals surface area contributed by atoms with Crippen LogP contribution in [-0.4, -0.2) is 38.9 Å². The number of aromatic carboxylic acids is 1. The number of carbonyl (C=O) groups excluding carboxylic acids is 2. The topological polar surface area (TPSA) is 104 Å². The molecule has 0 radical (unpaired) electrons. The SMILES string of the molecule is O=C1CCN(c2cnc3ccc(C(=O)O)cn23)C(=O)N1. The van der Waals surface area contributed by atoms with E-state index in [0.717, 1.165) is 0 Å². The van der Waals surface area contributed by atoms with Crippen molar-refractivity contribution in [2.45, 2.75) is 6.42 Å². The molecule has 0 unspecified atom stereocenters. The Morgan fingerprint density at radius 2 is 2.15 bits per heavy atom. The van der Waals surface area contributed by atoms with Crippen LogP contribution in [0.1, 0.15) is 16.8 Å². The summed E-state index contributed by atoms with van der Waals surface area (Å²) in [7, 11) is 0. The number of anilines is 1. The van der Waals surface area contributed by atoms with E-state index in [1.54, 1.807) is 6.07 Å². The first-order valence-corrected chi connectivity index (χ1v) is 5.88. The van der Waals surface area contributed by atoms with Crippen LogP contribution >= 0.6 is 0 Å². The zero-order chi connectivity index (χ0) is 14.3. The minimum atomic E-state index is -1.06. The third-order valence-corrected chi connectivity index (χ3v) is 3.06. The molecule has 1 aliphatic heterocycles. The molecule has 0 aliphatic carbocycles. The van der Waals surface area contributed by atoms with Crippen molar-refractivity contribution in [3.05, 3.63) is 30.1 Å². The van der Waals surface area contributed by atoms with Crippen LogP contribution in [0.4, 0.5) is 10.6 Å². The van der Waals surface area contributed by atoms with E-state index in [2.05, 4.69) is 10.3 Å². The second kappa shape index (κ2) is 4.34. The highest BCUT2D eigenvalue weighted by molar-refractivity contribution is 6.05. The van der Waals surface area contributed by atoms with Crippen LogP contribution in [-0.2, 0) is 4.79 Å². The van der Waals surface area contributed by atoms with E-state index in [9.17, 15) is 14.4 Å². The Hall–Kier alpha value is -2.90. The van der Waals surface area contributed by atoms with Crippen LogP contribution in [0.15, 0.2) is 24.5 Å². The van der Waals surface area contributed by atoms with Gasteiger partial charge in [0.2, 0.25) is 5.91 Å². The summed E-state index contributed by atoms with van der Waals surface area (Å²) in [4.78, 5) is 39.4. The summed E-state index contributed by atoms with van der Waals surface area (Å²) in [5, 5.41) is 11.2. The summed E-state index contributed by atoms with van der Waals surface area (Å²) in [5.41, 5.74) is 0.611. The first-order valence-electron chi connectivity index (χ1n) is 5.88. The average Bonchev–Trinajstić information content (AvgIpc) is 2.81. The molecule has 1 aliphatic rings. The highest BCUT2D eigenvalue weighted by Gasteiger charge is 2.26. The van der Waals surface area contributed by atoms with Crippen molar-refractivity contribution in [2.24, 2.45) is 0 Å². The number of imide groups is 1. The molecule has 0 bridgehead atoms. The number of nitrogens with zero attached hydrogens (tertiary/aromatic N) is 3. The maximum Gasteiger partial charge on any atom is 0.337 e. The number of carboxylic acids is 1. The van der Waals surface area contributed by atoms with Crippen LogP contribution < -0.4 is 10.2 Å². The van der Waals surface area contributed by atoms with Crippen molar-refractivity contribution in [2.75, 3.05) is 11.4 Å². The Morgan fingerprint density at radius 3 is 2.85 bits per heavy atom.